The number of amides is 1. The first kappa shape index (κ1) is 16.6. The molecule has 0 aliphatic carbocycles. The molecule has 114 valence electrons. The van der Waals surface area contributed by atoms with Crippen molar-refractivity contribution in [1.82, 2.24) is 9.80 Å². The van der Waals surface area contributed by atoms with Gasteiger partial charge in [0.15, 0.2) is 6.61 Å². The van der Waals surface area contributed by atoms with E-state index in [1.165, 1.54) is 4.90 Å². The minimum atomic E-state index is -4.51. The van der Waals surface area contributed by atoms with Crippen molar-refractivity contribution in [2.24, 2.45) is 0 Å². The predicted octanol–water partition coefficient (Wildman–Crippen LogP) is 2.00. The first-order chi connectivity index (χ1) is 9.20. The van der Waals surface area contributed by atoms with Gasteiger partial charge in [-0.2, -0.15) is 18.4 Å². The number of rotatable bonds is 3. The molecule has 1 heterocycles. The van der Waals surface area contributed by atoms with Gasteiger partial charge in [-0.25, -0.2) is 4.79 Å². The standard InChI is InChI=1S/C12H18F3N3O2/c1-17(2)11(3-6-16)4-7-18(8-5-11)10(19)20-9-12(13,14)15/h3-5,7-9H2,1-2H3. The lowest BCUT2D eigenvalue weighted by molar-refractivity contribution is -0.162. The highest BCUT2D eigenvalue weighted by Crippen LogP contribution is 2.30. The number of ether oxygens (including phenoxy) is 1. The maximum absolute atomic E-state index is 12.0. The number of hydrogen-bond donors (Lipinski definition) is 0. The first-order valence-corrected chi connectivity index (χ1v) is 6.23. The third-order valence-corrected chi connectivity index (χ3v) is 3.67. The summed E-state index contributed by atoms with van der Waals surface area (Å²) < 4.78 is 40.1. The molecule has 0 aromatic carbocycles. The van der Waals surface area contributed by atoms with Crippen molar-refractivity contribution < 1.29 is 22.7 Å². The van der Waals surface area contributed by atoms with Crippen molar-refractivity contribution in [3.8, 4) is 6.07 Å². The molecule has 1 saturated heterocycles. The van der Waals surface area contributed by atoms with Crippen molar-refractivity contribution in [3.05, 3.63) is 0 Å². The fraction of sp³-hybridized carbons (Fsp3) is 0.833. The van der Waals surface area contributed by atoms with E-state index in [1.807, 2.05) is 19.0 Å². The fourth-order valence-electron chi connectivity index (χ4n) is 2.27. The van der Waals surface area contributed by atoms with Crippen LogP contribution in [0.1, 0.15) is 19.3 Å². The molecule has 5 nitrogen and oxygen atoms in total. The summed E-state index contributed by atoms with van der Waals surface area (Å²) in [7, 11) is 3.71. The number of carbonyl (C=O) groups excluding carboxylic acids is 1. The number of halogens is 3. The molecule has 0 aromatic rings. The maximum Gasteiger partial charge on any atom is 0.422 e. The van der Waals surface area contributed by atoms with E-state index in [1.54, 1.807) is 0 Å². The number of hydrogen-bond acceptors (Lipinski definition) is 4. The highest BCUT2D eigenvalue weighted by Gasteiger charge is 2.39. The van der Waals surface area contributed by atoms with Crippen molar-refractivity contribution in [3.63, 3.8) is 0 Å². The topological polar surface area (TPSA) is 56.6 Å². The highest BCUT2D eigenvalue weighted by atomic mass is 19.4. The Bertz CT molecular complexity index is 382. The van der Waals surface area contributed by atoms with E-state index in [4.69, 9.17) is 5.26 Å². The van der Waals surface area contributed by atoms with Gasteiger partial charge in [0.25, 0.3) is 0 Å². The van der Waals surface area contributed by atoms with Gasteiger partial charge in [0.2, 0.25) is 0 Å². The summed E-state index contributed by atoms with van der Waals surface area (Å²) in [6.07, 6.45) is -4.07. The van der Waals surface area contributed by atoms with Crippen LogP contribution in [0.25, 0.3) is 0 Å². The van der Waals surface area contributed by atoms with Gasteiger partial charge in [-0.3, -0.25) is 0 Å². The van der Waals surface area contributed by atoms with E-state index < -0.39 is 18.9 Å². The fourth-order valence-corrected chi connectivity index (χ4v) is 2.27. The molecule has 0 bridgehead atoms. The third-order valence-electron chi connectivity index (χ3n) is 3.67. The van der Waals surface area contributed by atoms with Crippen LogP contribution in [0.5, 0.6) is 0 Å². The molecule has 0 atom stereocenters. The highest BCUT2D eigenvalue weighted by molar-refractivity contribution is 5.67. The molecule has 0 unspecified atom stereocenters. The number of alkyl halides is 3. The van der Waals surface area contributed by atoms with Crippen molar-refractivity contribution in [1.29, 1.82) is 5.26 Å². The number of piperidine rings is 1. The summed E-state index contributed by atoms with van der Waals surface area (Å²) in [5.41, 5.74) is -0.324. The summed E-state index contributed by atoms with van der Waals surface area (Å²) in [5, 5.41) is 8.87. The van der Waals surface area contributed by atoms with Crippen LogP contribution in [0.2, 0.25) is 0 Å². The Morgan fingerprint density at radius 2 is 1.95 bits per heavy atom. The van der Waals surface area contributed by atoms with Gasteiger partial charge in [-0.05, 0) is 26.9 Å². The minimum Gasteiger partial charge on any atom is -0.440 e. The molecule has 1 aliphatic rings. The van der Waals surface area contributed by atoms with E-state index >= 15 is 0 Å². The summed E-state index contributed by atoms with van der Waals surface area (Å²) >= 11 is 0. The molecule has 0 saturated carbocycles. The van der Waals surface area contributed by atoms with Gasteiger partial charge in [0.05, 0.1) is 12.5 Å². The van der Waals surface area contributed by atoms with Gasteiger partial charge in [0.1, 0.15) is 0 Å². The summed E-state index contributed by atoms with van der Waals surface area (Å²) in [6.45, 7) is -0.994. The lowest BCUT2D eigenvalue weighted by Crippen LogP contribution is -2.53. The van der Waals surface area contributed by atoms with Crippen LogP contribution >= 0.6 is 0 Å². The second kappa shape index (κ2) is 6.31. The van der Waals surface area contributed by atoms with Crippen LogP contribution in [-0.2, 0) is 4.74 Å². The van der Waals surface area contributed by atoms with E-state index in [0.717, 1.165) is 0 Å². The van der Waals surface area contributed by atoms with Crippen molar-refractivity contribution >= 4 is 6.09 Å². The Morgan fingerprint density at radius 1 is 1.40 bits per heavy atom. The Hall–Kier alpha value is -1.49. The smallest absolute Gasteiger partial charge is 0.422 e. The lowest BCUT2D eigenvalue weighted by Gasteiger charge is -2.44. The minimum absolute atomic E-state index is 0.288. The summed E-state index contributed by atoms with van der Waals surface area (Å²) in [6, 6.07) is 2.12. The van der Waals surface area contributed by atoms with Gasteiger partial charge in [-0.15, -0.1) is 0 Å². The van der Waals surface area contributed by atoms with Crippen LogP contribution in [0.3, 0.4) is 0 Å². The Balaban J connectivity index is 2.53. The van der Waals surface area contributed by atoms with Crippen molar-refractivity contribution in [2.75, 3.05) is 33.8 Å². The van der Waals surface area contributed by atoms with Crippen LogP contribution in [0.15, 0.2) is 0 Å². The quantitative estimate of drug-likeness (QED) is 0.798. The molecule has 0 aromatic heterocycles. The molecule has 0 radical (unpaired) electrons. The van der Waals surface area contributed by atoms with Crippen LogP contribution in [0.4, 0.5) is 18.0 Å². The molecule has 0 spiro atoms. The zero-order valence-electron chi connectivity index (χ0n) is 11.5. The zero-order chi connectivity index (χ0) is 15.4. The Labute approximate surface area is 115 Å². The third kappa shape index (κ3) is 4.27. The molecule has 1 fully saturated rings. The molecular formula is C12H18F3N3O2. The molecule has 20 heavy (non-hydrogen) atoms. The second-order valence-electron chi connectivity index (χ2n) is 5.11. The van der Waals surface area contributed by atoms with Crippen LogP contribution in [0, 0.1) is 11.3 Å². The molecular weight excluding hydrogens is 275 g/mol. The van der Waals surface area contributed by atoms with Gasteiger partial charge in [0, 0.05) is 18.6 Å². The SMILES string of the molecule is CN(C)C1(CC#N)CCN(C(=O)OCC(F)(F)F)CC1. The number of nitriles is 1. The van der Waals surface area contributed by atoms with Gasteiger partial charge in [-0.1, -0.05) is 0 Å². The lowest BCUT2D eigenvalue weighted by atomic mass is 9.84. The van der Waals surface area contributed by atoms with E-state index in [2.05, 4.69) is 10.8 Å². The number of carbonyl (C=O) groups is 1. The van der Waals surface area contributed by atoms with E-state index in [-0.39, 0.29) is 18.6 Å². The molecule has 1 aliphatic heterocycles. The molecule has 1 rings (SSSR count). The largest absolute Gasteiger partial charge is 0.440 e. The maximum atomic E-state index is 12.0. The monoisotopic (exact) mass is 293 g/mol. The van der Waals surface area contributed by atoms with Crippen LogP contribution < -0.4 is 0 Å². The molecule has 1 amide bonds. The van der Waals surface area contributed by atoms with Crippen molar-refractivity contribution in [2.45, 2.75) is 31.0 Å². The van der Waals surface area contributed by atoms with Crippen LogP contribution in [-0.4, -0.2) is 61.4 Å². The number of likely N-dealkylation sites (tertiary alicyclic amines) is 1. The second-order valence-corrected chi connectivity index (χ2v) is 5.11. The van der Waals surface area contributed by atoms with Gasteiger partial charge >= 0.3 is 12.3 Å². The average molecular weight is 293 g/mol. The predicted molar refractivity (Wildman–Crippen MR) is 64.9 cm³/mol. The Kier molecular flexibility index (Phi) is 5.22. The average Bonchev–Trinajstić information content (AvgIpc) is 2.36. The molecule has 8 heteroatoms. The summed E-state index contributed by atoms with van der Waals surface area (Å²) in [5.74, 6) is 0. The summed E-state index contributed by atoms with van der Waals surface area (Å²) in [4.78, 5) is 14.7. The van der Waals surface area contributed by atoms with Gasteiger partial charge < -0.3 is 14.5 Å². The first-order valence-electron chi connectivity index (χ1n) is 6.23. The van der Waals surface area contributed by atoms with E-state index in [0.29, 0.717) is 19.3 Å². The Morgan fingerprint density at radius 3 is 2.35 bits per heavy atom. The van der Waals surface area contributed by atoms with E-state index in [9.17, 15) is 18.0 Å². The zero-order valence-corrected chi connectivity index (χ0v) is 11.5. The number of nitrogens with zero attached hydrogens (tertiary/aromatic N) is 3. The molecule has 0 N–H and O–H groups in total. The normalized spacial score (nSPS) is 18.8.